The van der Waals surface area contributed by atoms with E-state index in [1.165, 1.54) is 38.6 Å². The number of hydrogen-bond acceptors (Lipinski definition) is 3. The van der Waals surface area contributed by atoms with Gasteiger partial charge in [-0.15, -0.1) is 0 Å². The van der Waals surface area contributed by atoms with E-state index in [1.54, 1.807) is 0 Å². The van der Waals surface area contributed by atoms with E-state index in [1.807, 2.05) is 0 Å². The van der Waals surface area contributed by atoms with Gasteiger partial charge in [-0.25, -0.2) is 0 Å². The largest absolute Gasteiger partial charge is 0.393 e. The van der Waals surface area contributed by atoms with Crippen LogP contribution in [0.25, 0.3) is 0 Å². The van der Waals surface area contributed by atoms with Crippen LogP contribution in [-0.4, -0.2) is 48.3 Å². The predicted octanol–water partition coefficient (Wildman–Crippen LogP) is 3.03. The molecule has 0 aromatic rings. The summed E-state index contributed by atoms with van der Waals surface area (Å²) in [6.07, 6.45) is 8.63. The first-order chi connectivity index (χ1) is 9.95. The van der Waals surface area contributed by atoms with Crippen LogP contribution in [0.3, 0.4) is 0 Å². The summed E-state index contributed by atoms with van der Waals surface area (Å²) in [4.78, 5) is 2.50. The summed E-state index contributed by atoms with van der Waals surface area (Å²) in [7, 11) is 0. The Hall–Kier alpha value is -0.120. The Labute approximate surface area is 131 Å². The van der Waals surface area contributed by atoms with E-state index in [2.05, 4.69) is 31.0 Å². The van der Waals surface area contributed by atoms with Gasteiger partial charge in [0.25, 0.3) is 0 Å². The van der Waals surface area contributed by atoms with Crippen LogP contribution in [0.1, 0.15) is 65.7 Å². The fourth-order valence-corrected chi connectivity index (χ4v) is 3.92. The van der Waals surface area contributed by atoms with Crippen molar-refractivity contribution in [3.63, 3.8) is 0 Å². The summed E-state index contributed by atoms with van der Waals surface area (Å²) in [6.45, 7) is 11.7. The Morgan fingerprint density at radius 2 is 1.62 bits per heavy atom. The van der Waals surface area contributed by atoms with Gasteiger partial charge in [-0.1, -0.05) is 20.8 Å². The quantitative estimate of drug-likeness (QED) is 0.766. The summed E-state index contributed by atoms with van der Waals surface area (Å²) in [5.74, 6) is 0.912. The highest BCUT2D eigenvalue weighted by molar-refractivity contribution is 4.83. The monoisotopic (exact) mass is 296 g/mol. The molecule has 0 radical (unpaired) electrons. The number of nitrogens with zero attached hydrogens (tertiary/aromatic N) is 1. The second kappa shape index (κ2) is 7.94. The lowest BCUT2D eigenvalue weighted by atomic mass is 9.71. The zero-order chi connectivity index (χ0) is 15.3. The van der Waals surface area contributed by atoms with Gasteiger partial charge in [0.1, 0.15) is 0 Å². The van der Waals surface area contributed by atoms with Crippen LogP contribution < -0.4 is 5.32 Å². The molecule has 1 aliphatic heterocycles. The van der Waals surface area contributed by atoms with Crippen molar-refractivity contribution in [1.29, 1.82) is 0 Å². The van der Waals surface area contributed by atoms with Crippen LogP contribution in [0.15, 0.2) is 0 Å². The van der Waals surface area contributed by atoms with Gasteiger partial charge in [0, 0.05) is 19.1 Å². The second-order valence-electron chi connectivity index (χ2n) is 8.30. The predicted molar refractivity (Wildman–Crippen MR) is 89.5 cm³/mol. The maximum absolute atomic E-state index is 9.51. The lowest BCUT2D eigenvalue weighted by Gasteiger charge is -2.37. The highest BCUT2D eigenvalue weighted by Crippen LogP contribution is 2.37. The van der Waals surface area contributed by atoms with Crippen molar-refractivity contribution in [2.24, 2.45) is 11.3 Å². The fraction of sp³-hybridized carbons (Fsp3) is 1.00. The standard InChI is InChI=1S/C18H36N2O/c1-18(2,3)15-5-7-16(8-6-15)19-11-4-12-20-13-9-17(21)10-14-20/h15-17,19,21H,4-14H2,1-3H3. The highest BCUT2D eigenvalue weighted by atomic mass is 16.3. The zero-order valence-electron chi connectivity index (χ0n) is 14.4. The summed E-state index contributed by atoms with van der Waals surface area (Å²) in [6, 6.07) is 0.756. The summed E-state index contributed by atoms with van der Waals surface area (Å²) < 4.78 is 0. The van der Waals surface area contributed by atoms with Crippen molar-refractivity contribution >= 4 is 0 Å². The van der Waals surface area contributed by atoms with Crippen molar-refractivity contribution in [1.82, 2.24) is 10.2 Å². The molecule has 124 valence electrons. The molecule has 0 spiro atoms. The number of rotatable bonds is 5. The third-order valence-electron chi connectivity index (χ3n) is 5.59. The van der Waals surface area contributed by atoms with Crippen molar-refractivity contribution in [2.45, 2.75) is 77.9 Å². The van der Waals surface area contributed by atoms with E-state index in [0.717, 1.165) is 44.4 Å². The highest BCUT2D eigenvalue weighted by Gasteiger charge is 2.29. The Bertz CT molecular complexity index is 284. The zero-order valence-corrected chi connectivity index (χ0v) is 14.4. The third-order valence-corrected chi connectivity index (χ3v) is 5.59. The number of aliphatic hydroxyl groups excluding tert-OH is 1. The van der Waals surface area contributed by atoms with Crippen LogP contribution in [-0.2, 0) is 0 Å². The number of hydrogen-bond donors (Lipinski definition) is 2. The van der Waals surface area contributed by atoms with Gasteiger partial charge in [-0.05, 0) is 69.4 Å². The van der Waals surface area contributed by atoms with Crippen LogP contribution in [0, 0.1) is 11.3 Å². The third kappa shape index (κ3) is 5.88. The molecule has 0 amide bonds. The van der Waals surface area contributed by atoms with E-state index in [0.29, 0.717) is 5.41 Å². The maximum atomic E-state index is 9.51. The Balaban J connectivity index is 1.52. The average molecular weight is 296 g/mol. The Morgan fingerprint density at radius 3 is 2.19 bits per heavy atom. The average Bonchev–Trinajstić information content (AvgIpc) is 2.45. The molecule has 2 fully saturated rings. The van der Waals surface area contributed by atoms with Gasteiger partial charge in [-0.3, -0.25) is 0 Å². The molecule has 1 saturated carbocycles. The number of nitrogens with one attached hydrogen (secondary N) is 1. The lowest BCUT2D eigenvalue weighted by molar-refractivity contribution is 0.0818. The smallest absolute Gasteiger partial charge is 0.0564 e. The molecule has 1 heterocycles. The normalized spacial score (nSPS) is 29.7. The van der Waals surface area contributed by atoms with Gasteiger partial charge in [0.15, 0.2) is 0 Å². The van der Waals surface area contributed by atoms with Crippen LogP contribution in [0.5, 0.6) is 0 Å². The SMILES string of the molecule is CC(C)(C)C1CCC(NCCCN2CCC(O)CC2)CC1. The summed E-state index contributed by atoms with van der Waals surface area (Å²) >= 11 is 0. The molecule has 2 N–H and O–H groups in total. The molecule has 21 heavy (non-hydrogen) atoms. The number of piperidine rings is 1. The minimum atomic E-state index is -0.0441. The molecule has 3 nitrogen and oxygen atoms in total. The van der Waals surface area contributed by atoms with Crippen molar-refractivity contribution in [2.75, 3.05) is 26.2 Å². The lowest BCUT2D eigenvalue weighted by Crippen LogP contribution is -2.39. The molecule has 3 heteroatoms. The number of likely N-dealkylation sites (tertiary alicyclic amines) is 1. The van der Waals surface area contributed by atoms with E-state index >= 15 is 0 Å². The van der Waals surface area contributed by atoms with Crippen LogP contribution >= 0.6 is 0 Å². The minimum Gasteiger partial charge on any atom is -0.393 e. The Morgan fingerprint density at radius 1 is 1.00 bits per heavy atom. The number of aliphatic hydroxyl groups is 1. The van der Waals surface area contributed by atoms with Crippen molar-refractivity contribution in [3.8, 4) is 0 Å². The topological polar surface area (TPSA) is 35.5 Å². The van der Waals surface area contributed by atoms with Gasteiger partial charge < -0.3 is 15.3 Å². The molecule has 0 aromatic carbocycles. The Kier molecular flexibility index (Phi) is 6.51. The molecule has 0 aromatic heterocycles. The van der Waals surface area contributed by atoms with E-state index in [9.17, 15) is 5.11 Å². The summed E-state index contributed by atoms with van der Waals surface area (Å²) in [5, 5.41) is 13.3. The first-order valence-electron chi connectivity index (χ1n) is 9.09. The van der Waals surface area contributed by atoms with Crippen molar-refractivity contribution in [3.05, 3.63) is 0 Å². The van der Waals surface area contributed by atoms with E-state index in [-0.39, 0.29) is 6.10 Å². The molecular formula is C18H36N2O. The summed E-state index contributed by atoms with van der Waals surface area (Å²) in [5.41, 5.74) is 0.490. The van der Waals surface area contributed by atoms with E-state index < -0.39 is 0 Å². The molecule has 2 rings (SSSR count). The van der Waals surface area contributed by atoms with E-state index in [4.69, 9.17) is 0 Å². The molecule has 0 atom stereocenters. The fourth-order valence-electron chi connectivity index (χ4n) is 3.92. The maximum Gasteiger partial charge on any atom is 0.0564 e. The molecule has 0 unspecified atom stereocenters. The van der Waals surface area contributed by atoms with Gasteiger partial charge >= 0.3 is 0 Å². The van der Waals surface area contributed by atoms with Crippen LogP contribution in [0.4, 0.5) is 0 Å². The first-order valence-corrected chi connectivity index (χ1v) is 9.09. The molecular weight excluding hydrogens is 260 g/mol. The van der Waals surface area contributed by atoms with Gasteiger partial charge in [0.05, 0.1) is 6.10 Å². The molecule has 1 saturated heterocycles. The minimum absolute atomic E-state index is 0.0441. The molecule has 0 bridgehead atoms. The molecule has 1 aliphatic carbocycles. The van der Waals surface area contributed by atoms with Gasteiger partial charge in [-0.2, -0.15) is 0 Å². The van der Waals surface area contributed by atoms with Gasteiger partial charge in [0.2, 0.25) is 0 Å². The second-order valence-corrected chi connectivity index (χ2v) is 8.30. The molecule has 2 aliphatic rings. The first kappa shape index (κ1) is 17.2. The van der Waals surface area contributed by atoms with Crippen LogP contribution in [0.2, 0.25) is 0 Å². The van der Waals surface area contributed by atoms with Crippen molar-refractivity contribution < 1.29 is 5.11 Å².